The topological polar surface area (TPSA) is 39.3 Å². The average Bonchev–Trinajstić information content (AvgIpc) is 3.78. The fourth-order valence-electron chi connectivity index (χ4n) is 7.91. The zero-order valence-corrected chi connectivity index (χ0v) is 28.6. The molecule has 2 aromatic heterocycles. The van der Waals surface area contributed by atoms with E-state index in [0.717, 1.165) is 55.6 Å². The molecular weight excluding hydrogens is 637 g/mol. The number of nitrogens with zero attached hydrogens (tertiary/aromatic N) is 1. The highest BCUT2D eigenvalue weighted by atomic mass is 16.5. The van der Waals surface area contributed by atoms with Gasteiger partial charge in [-0.1, -0.05) is 140 Å². The molecule has 1 unspecified atom stereocenters. The molecule has 0 aliphatic rings. The molecule has 4 nitrogen and oxygen atoms in total. The first-order valence-corrected chi connectivity index (χ1v) is 17.7. The minimum Gasteiger partial charge on any atom is -0.470 e. The van der Waals surface area contributed by atoms with Crippen LogP contribution in [0.5, 0.6) is 5.75 Å². The van der Waals surface area contributed by atoms with Crippen molar-refractivity contribution in [2.45, 2.75) is 6.23 Å². The lowest BCUT2D eigenvalue weighted by Crippen LogP contribution is -2.22. The fraction of sp³-hybridized carbons (Fsp3) is 0.0417. The summed E-state index contributed by atoms with van der Waals surface area (Å²) in [5, 5.41) is 10.4. The largest absolute Gasteiger partial charge is 0.470 e. The van der Waals surface area contributed by atoms with Crippen LogP contribution in [0.3, 0.4) is 0 Å². The zero-order chi connectivity index (χ0) is 34.6. The number of benzene rings is 8. The van der Waals surface area contributed by atoms with Crippen molar-refractivity contribution in [1.82, 2.24) is 9.88 Å². The smallest absolute Gasteiger partial charge is 0.176 e. The van der Waals surface area contributed by atoms with Gasteiger partial charge in [0, 0.05) is 38.4 Å². The molecule has 52 heavy (non-hydrogen) atoms. The Morgan fingerprint density at radius 3 is 2.06 bits per heavy atom. The van der Waals surface area contributed by atoms with E-state index in [0.29, 0.717) is 0 Å². The van der Waals surface area contributed by atoms with Crippen LogP contribution in [-0.2, 0) is 0 Å². The Morgan fingerprint density at radius 1 is 0.538 bits per heavy atom. The van der Waals surface area contributed by atoms with E-state index in [1.165, 1.54) is 38.1 Å². The quantitative estimate of drug-likeness (QED) is 0.172. The number of rotatable bonds is 7. The van der Waals surface area contributed by atoms with Crippen molar-refractivity contribution in [3.63, 3.8) is 0 Å². The summed E-state index contributed by atoms with van der Waals surface area (Å²) >= 11 is 0. The summed E-state index contributed by atoms with van der Waals surface area (Å²) in [5.41, 5.74) is 10.8. The van der Waals surface area contributed by atoms with E-state index in [-0.39, 0.29) is 6.23 Å². The van der Waals surface area contributed by atoms with Crippen LogP contribution >= 0.6 is 0 Å². The minimum atomic E-state index is -0.379. The van der Waals surface area contributed by atoms with Crippen molar-refractivity contribution in [3.8, 4) is 33.7 Å². The number of fused-ring (bicyclic) bond motifs is 8. The Kier molecular flexibility index (Phi) is 7.15. The third kappa shape index (κ3) is 4.80. The number of furan rings is 1. The number of para-hydroxylation sites is 2. The number of hydrogen-bond donors (Lipinski definition) is 1. The predicted octanol–water partition coefficient (Wildman–Crippen LogP) is 12.5. The second-order valence-electron chi connectivity index (χ2n) is 13.2. The van der Waals surface area contributed by atoms with Gasteiger partial charge in [0.15, 0.2) is 6.23 Å². The van der Waals surface area contributed by atoms with Crippen molar-refractivity contribution >= 4 is 54.5 Å². The maximum absolute atomic E-state index is 6.81. The SMILES string of the molecule is CNC(Oc1ccc(-c2ccccc2)c2oc3ccccc3c12)c1ccc(-c2cccc3c2c2ccc4ccccc4c2n3-c2ccccc2)cc1. The van der Waals surface area contributed by atoms with Gasteiger partial charge in [0.05, 0.1) is 16.4 Å². The Balaban J connectivity index is 1.07. The summed E-state index contributed by atoms with van der Waals surface area (Å²) in [5.74, 6) is 0.772. The van der Waals surface area contributed by atoms with Crippen LogP contribution in [-0.4, -0.2) is 11.6 Å². The molecule has 2 heterocycles. The first-order valence-electron chi connectivity index (χ1n) is 17.7. The summed E-state index contributed by atoms with van der Waals surface area (Å²) in [6.07, 6.45) is -0.379. The molecule has 248 valence electrons. The molecule has 4 heteroatoms. The Bertz CT molecular complexity index is 2910. The normalized spacial score (nSPS) is 12.3. The van der Waals surface area contributed by atoms with Gasteiger partial charge in [0.25, 0.3) is 0 Å². The van der Waals surface area contributed by atoms with Crippen molar-refractivity contribution in [3.05, 3.63) is 181 Å². The van der Waals surface area contributed by atoms with Crippen molar-refractivity contribution in [1.29, 1.82) is 0 Å². The second-order valence-corrected chi connectivity index (χ2v) is 13.2. The molecule has 10 rings (SSSR count). The van der Waals surface area contributed by atoms with Gasteiger partial charge in [0.1, 0.15) is 16.9 Å². The van der Waals surface area contributed by atoms with E-state index in [9.17, 15) is 0 Å². The number of hydrogen-bond acceptors (Lipinski definition) is 3. The van der Waals surface area contributed by atoms with Gasteiger partial charge >= 0.3 is 0 Å². The molecule has 0 fully saturated rings. The van der Waals surface area contributed by atoms with E-state index in [1.807, 2.05) is 31.3 Å². The molecule has 0 radical (unpaired) electrons. The Labute approximate surface area is 301 Å². The highest BCUT2D eigenvalue weighted by Gasteiger charge is 2.21. The molecule has 1 atom stereocenters. The van der Waals surface area contributed by atoms with Gasteiger partial charge in [0.2, 0.25) is 0 Å². The summed E-state index contributed by atoms with van der Waals surface area (Å²) in [6.45, 7) is 0. The molecule has 0 spiro atoms. The second kappa shape index (κ2) is 12.3. The summed E-state index contributed by atoms with van der Waals surface area (Å²) in [7, 11) is 1.94. The van der Waals surface area contributed by atoms with E-state index >= 15 is 0 Å². The molecule has 0 aliphatic heterocycles. The molecule has 0 aliphatic carbocycles. The number of aromatic nitrogens is 1. The van der Waals surface area contributed by atoms with Crippen LogP contribution in [0.4, 0.5) is 0 Å². The van der Waals surface area contributed by atoms with Crippen molar-refractivity contribution < 1.29 is 9.15 Å². The lowest BCUT2D eigenvalue weighted by Gasteiger charge is -2.20. The van der Waals surface area contributed by atoms with E-state index in [1.54, 1.807) is 0 Å². The molecule has 10 aromatic rings. The van der Waals surface area contributed by atoms with Gasteiger partial charge in [-0.25, -0.2) is 0 Å². The molecule has 8 aromatic carbocycles. The van der Waals surface area contributed by atoms with Crippen LogP contribution in [0.2, 0.25) is 0 Å². The molecular formula is C48H34N2O2. The third-order valence-corrected chi connectivity index (χ3v) is 10.3. The standard InChI is InChI=1S/C48H34N2O2/c1-49-48(52-43-30-29-38(31-13-4-2-5-14-31)47-45(43)39-19-10-11-22-42(39)51-47)34-25-23-33(24-26-34)36-20-12-21-41-44(36)40-28-27-32-15-8-9-18-37(32)46(40)50(41)35-16-6-3-7-17-35/h2-30,48-49H,1H3. The van der Waals surface area contributed by atoms with Crippen LogP contribution in [0.15, 0.2) is 180 Å². The van der Waals surface area contributed by atoms with E-state index < -0.39 is 0 Å². The molecule has 0 amide bonds. The summed E-state index contributed by atoms with van der Waals surface area (Å²) in [4.78, 5) is 0. The molecule has 0 bridgehead atoms. The van der Waals surface area contributed by atoms with E-state index in [4.69, 9.17) is 9.15 Å². The van der Waals surface area contributed by atoms with Crippen LogP contribution < -0.4 is 10.1 Å². The fourth-order valence-corrected chi connectivity index (χ4v) is 7.91. The first-order chi connectivity index (χ1) is 25.8. The number of nitrogens with one attached hydrogen (secondary N) is 1. The minimum absolute atomic E-state index is 0.379. The Hall–Kier alpha value is -6.62. The lowest BCUT2D eigenvalue weighted by molar-refractivity contribution is 0.179. The monoisotopic (exact) mass is 670 g/mol. The highest BCUT2D eigenvalue weighted by Crippen LogP contribution is 2.44. The first kappa shape index (κ1) is 30.2. The maximum Gasteiger partial charge on any atom is 0.176 e. The van der Waals surface area contributed by atoms with Gasteiger partial charge in [-0.15, -0.1) is 0 Å². The predicted molar refractivity (Wildman–Crippen MR) is 215 cm³/mol. The van der Waals surface area contributed by atoms with Crippen molar-refractivity contribution in [2.75, 3.05) is 7.05 Å². The van der Waals surface area contributed by atoms with Crippen LogP contribution in [0.1, 0.15) is 11.8 Å². The van der Waals surface area contributed by atoms with Crippen LogP contribution in [0.25, 0.3) is 82.5 Å². The summed E-state index contributed by atoms with van der Waals surface area (Å²) in [6, 6.07) is 62.0. The lowest BCUT2D eigenvalue weighted by atomic mass is 9.97. The zero-order valence-electron chi connectivity index (χ0n) is 28.6. The van der Waals surface area contributed by atoms with E-state index in [2.05, 4.69) is 162 Å². The Morgan fingerprint density at radius 2 is 1.25 bits per heavy atom. The number of ether oxygens (including phenoxy) is 1. The van der Waals surface area contributed by atoms with Gasteiger partial charge in [-0.2, -0.15) is 0 Å². The molecule has 1 N–H and O–H groups in total. The maximum atomic E-state index is 6.81. The third-order valence-electron chi connectivity index (χ3n) is 10.3. The summed E-state index contributed by atoms with van der Waals surface area (Å²) < 4.78 is 15.7. The average molecular weight is 671 g/mol. The highest BCUT2D eigenvalue weighted by molar-refractivity contribution is 6.22. The van der Waals surface area contributed by atoms with Crippen molar-refractivity contribution in [2.24, 2.45) is 0 Å². The van der Waals surface area contributed by atoms with Gasteiger partial charge in [-0.3, -0.25) is 5.32 Å². The molecule has 0 saturated heterocycles. The molecule has 0 saturated carbocycles. The van der Waals surface area contributed by atoms with Crippen LogP contribution in [0, 0.1) is 0 Å². The van der Waals surface area contributed by atoms with Gasteiger partial charge < -0.3 is 13.7 Å². The van der Waals surface area contributed by atoms with Gasteiger partial charge in [-0.05, 0) is 65.5 Å².